The van der Waals surface area contributed by atoms with Crippen LogP contribution in [0.5, 0.6) is 0 Å². The fourth-order valence-corrected chi connectivity index (χ4v) is 2.98. The van der Waals surface area contributed by atoms with E-state index in [1.807, 2.05) is 0 Å². The van der Waals surface area contributed by atoms with Crippen molar-refractivity contribution < 1.29 is 0 Å². The molecule has 1 aliphatic heterocycles. The van der Waals surface area contributed by atoms with Crippen LogP contribution in [0.2, 0.25) is 0 Å². The number of anilines is 1. The molecule has 1 atom stereocenters. The molecule has 134 valence electrons. The van der Waals surface area contributed by atoms with E-state index in [0.29, 0.717) is 6.04 Å². The average Bonchev–Trinajstić information content (AvgIpc) is 2.64. The van der Waals surface area contributed by atoms with E-state index in [2.05, 4.69) is 71.5 Å². The maximum absolute atomic E-state index is 4.74. The Hall–Kier alpha value is -1.75. The minimum Gasteiger partial charge on any atom is -0.369 e. The van der Waals surface area contributed by atoms with E-state index in [4.69, 9.17) is 4.99 Å². The SMILES string of the molecule is CCCNC(=NCC(C)N1CCN(c2ccccc2)CC1)NCC. The molecule has 1 aromatic carbocycles. The molecule has 24 heavy (non-hydrogen) atoms. The second-order valence-electron chi connectivity index (χ2n) is 6.35. The summed E-state index contributed by atoms with van der Waals surface area (Å²) in [5.74, 6) is 0.939. The highest BCUT2D eigenvalue weighted by molar-refractivity contribution is 5.79. The number of para-hydroxylation sites is 1. The first-order valence-corrected chi connectivity index (χ1v) is 9.30. The third kappa shape index (κ3) is 5.71. The van der Waals surface area contributed by atoms with Crippen molar-refractivity contribution in [1.82, 2.24) is 15.5 Å². The first-order valence-electron chi connectivity index (χ1n) is 9.30. The molecule has 1 aliphatic rings. The van der Waals surface area contributed by atoms with Gasteiger partial charge in [-0.3, -0.25) is 9.89 Å². The maximum atomic E-state index is 4.74. The molecule has 1 saturated heterocycles. The van der Waals surface area contributed by atoms with Gasteiger partial charge in [0.1, 0.15) is 0 Å². The van der Waals surface area contributed by atoms with Gasteiger partial charge >= 0.3 is 0 Å². The van der Waals surface area contributed by atoms with Gasteiger partial charge in [0.2, 0.25) is 0 Å². The van der Waals surface area contributed by atoms with E-state index in [9.17, 15) is 0 Å². The number of guanidine groups is 1. The summed E-state index contributed by atoms with van der Waals surface area (Å²) >= 11 is 0. The lowest BCUT2D eigenvalue weighted by molar-refractivity contribution is 0.201. The Morgan fingerprint density at radius 1 is 1.08 bits per heavy atom. The molecule has 1 unspecified atom stereocenters. The first kappa shape index (κ1) is 18.6. The molecule has 1 fully saturated rings. The van der Waals surface area contributed by atoms with Crippen molar-refractivity contribution in [2.75, 3.05) is 50.7 Å². The van der Waals surface area contributed by atoms with Crippen LogP contribution in [0.25, 0.3) is 0 Å². The van der Waals surface area contributed by atoms with Crippen LogP contribution >= 0.6 is 0 Å². The van der Waals surface area contributed by atoms with E-state index >= 15 is 0 Å². The molecule has 0 bridgehead atoms. The zero-order chi connectivity index (χ0) is 17.2. The number of aliphatic imine (C=N–C) groups is 1. The second kappa shape index (κ2) is 10.2. The zero-order valence-electron chi connectivity index (χ0n) is 15.5. The summed E-state index contributed by atoms with van der Waals surface area (Å²) in [7, 11) is 0. The predicted molar refractivity (Wildman–Crippen MR) is 104 cm³/mol. The molecule has 0 radical (unpaired) electrons. The summed E-state index contributed by atoms with van der Waals surface area (Å²) in [6, 6.07) is 11.2. The van der Waals surface area contributed by atoms with E-state index in [1.165, 1.54) is 5.69 Å². The molecule has 5 heteroatoms. The monoisotopic (exact) mass is 331 g/mol. The van der Waals surface area contributed by atoms with Crippen LogP contribution in [-0.2, 0) is 0 Å². The maximum Gasteiger partial charge on any atom is 0.191 e. The van der Waals surface area contributed by atoms with Crippen molar-refractivity contribution >= 4 is 11.6 Å². The number of rotatable bonds is 7. The highest BCUT2D eigenvalue weighted by Gasteiger charge is 2.21. The largest absolute Gasteiger partial charge is 0.369 e. The third-order valence-electron chi connectivity index (χ3n) is 4.46. The van der Waals surface area contributed by atoms with Gasteiger partial charge in [-0.05, 0) is 32.4 Å². The average molecular weight is 332 g/mol. The fraction of sp³-hybridized carbons (Fsp3) is 0.632. The lowest BCUT2D eigenvalue weighted by atomic mass is 10.2. The molecule has 0 aliphatic carbocycles. The number of hydrogen-bond donors (Lipinski definition) is 2. The van der Waals surface area contributed by atoms with Gasteiger partial charge in [0.25, 0.3) is 0 Å². The van der Waals surface area contributed by atoms with Gasteiger partial charge in [-0.2, -0.15) is 0 Å². The van der Waals surface area contributed by atoms with Gasteiger partial charge in [0.05, 0.1) is 6.54 Å². The van der Waals surface area contributed by atoms with Crippen molar-refractivity contribution in [3.05, 3.63) is 30.3 Å². The number of benzene rings is 1. The third-order valence-corrected chi connectivity index (χ3v) is 4.46. The Morgan fingerprint density at radius 3 is 2.42 bits per heavy atom. The van der Waals surface area contributed by atoms with Crippen molar-refractivity contribution in [3.8, 4) is 0 Å². The molecule has 1 heterocycles. The van der Waals surface area contributed by atoms with Gasteiger partial charge in [-0.15, -0.1) is 0 Å². The minimum absolute atomic E-state index is 0.472. The van der Waals surface area contributed by atoms with Gasteiger partial charge in [-0.25, -0.2) is 0 Å². The van der Waals surface area contributed by atoms with Crippen molar-refractivity contribution in [1.29, 1.82) is 0 Å². The molecule has 2 rings (SSSR count). The Balaban J connectivity index is 1.80. The summed E-state index contributed by atoms with van der Waals surface area (Å²) in [6.45, 7) is 13.7. The van der Waals surface area contributed by atoms with Crippen LogP contribution in [-0.4, -0.2) is 62.7 Å². The van der Waals surface area contributed by atoms with Gasteiger partial charge in [0, 0.05) is 51.0 Å². The van der Waals surface area contributed by atoms with Crippen LogP contribution < -0.4 is 15.5 Å². The second-order valence-corrected chi connectivity index (χ2v) is 6.35. The van der Waals surface area contributed by atoms with Crippen LogP contribution in [0, 0.1) is 0 Å². The predicted octanol–water partition coefficient (Wildman–Crippen LogP) is 2.16. The smallest absolute Gasteiger partial charge is 0.191 e. The van der Waals surface area contributed by atoms with Crippen LogP contribution in [0.15, 0.2) is 35.3 Å². The molecule has 0 spiro atoms. The van der Waals surface area contributed by atoms with Gasteiger partial charge < -0.3 is 15.5 Å². The van der Waals surface area contributed by atoms with Crippen molar-refractivity contribution in [3.63, 3.8) is 0 Å². The van der Waals surface area contributed by atoms with Gasteiger partial charge in [0.15, 0.2) is 5.96 Å². The number of hydrogen-bond acceptors (Lipinski definition) is 3. The normalized spacial score (nSPS) is 17.6. The quantitative estimate of drug-likeness (QED) is 0.594. The highest BCUT2D eigenvalue weighted by Crippen LogP contribution is 2.16. The zero-order valence-corrected chi connectivity index (χ0v) is 15.5. The van der Waals surface area contributed by atoms with E-state index < -0.39 is 0 Å². The van der Waals surface area contributed by atoms with Crippen molar-refractivity contribution in [2.24, 2.45) is 4.99 Å². The topological polar surface area (TPSA) is 42.9 Å². The molecule has 0 amide bonds. The van der Waals surface area contributed by atoms with Gasteiger partial charge in [-0.1, -0.05) is 25.1 Å². The molecule has 0 aromatic heterocycles. The fourth-order valence-electron chi connectivity index (χ4n) is 2.98. The Morgan fingerprint density at radius 2 is 1.79 bits per heavy atom. The number of nitrogens with zero attached hydrogens (tertiary/aromatic N) is 3. The van der Waals surface area contributed by atoms with E-state index in [-0.39, 0.29) is 0 Å². The van der Waals surface area contributed by atoms with Crippen LogP contribution in [0.1, 0.15) is 27.2 Å². The lowest BCUT2D eigenvalue weighted by Crippen LogP contribution is -2.50. The Kier molecular flexibility index (Phi) is 7.89. The summed E-state index contributed by atoms with van der Waals surface area (Å²) in [6.07, 6.45) is 1.11. The van der Waals surface area contributed by atoms with Crippen LogP contribution in [0.3, 0.4) is 0 Å². The first-order chi connectivity index (χ1) is 11.7. The number of nitrogens with one attached hydrogen (secondary N) is 2. The highest BCUT2D eigenvalue weighted by atomic mass is 15.3. The Bertz CT molecular complexity index is 480. The standard InChI is InChI=1S/C19H33N5/c1-4-11-21-19(20-5-2)22-16-17(3)23-12-14-24(15-13-23)18-9-7-6-8-10-18/h6-10,17H,4-5,11-16H2,1-3H3,(H2,20,21,22). The van der Waals surface area contributed by atoms with E-state index in [1.54, 1.807) is 0 Å². The molecular formula is C19H33N5. The molecule has 1 aromatic rings. The number of piperazine rings is 1. The molecule has 5 nitrogen and oxygen atoms in total. The minimum atomic E-state index is 0.472. The molecule has 0 saturated carbocycles. The lowest BCUT2D eigenvalue weighted by Gasteiger charge is -2.38. The van der Waals surface area contributed by atoms with Crippen LogP contribution in [0.4, 0.5) is 5.69 Å². The summed E-state index contributed by atoms with van der Waals surface area (Å²) in [4.78, 5) is 9.76. The summed E-state index contributed by atoms with van der Waals surface area (Å²) in [5.41, 5.74) is 1.33. The summed E-state index contributed by atoms with van der Waals surface area (Å²) in [5, 5.41) is 6.69. The van der Waals surface area contributed by atoms with E-state index in [0.717, 1.165) is 58.2 Å². The molecular weight excluding hydrogens is 298 g/mol. The Labute approximate surface area is 147 Å². The summed E-state index contributed by atoms with van der Waals surface area (Å²) < 4.78 is 0. The van der Waals surface area contributed by atoms with Crippen molar-refractivity contribution in [2.45, 2.75) is 33.2 Å². The molecule has 2 N–H and O–H groups in total.